The molecule has 0 unspecified atom stereocenters. The fourth-order valence-corrected chi connectivity index (χ4v) is 1.26. The third kappa shape index (κ3) is 2.73. The first kappa shape index (κ1) is 11.0. The van der Waals surface area contributed by atoms with E-state index in [1.165, 1.54) is 0 Å². The summed E-state index contributed by atoms with van der Waals surface area (Å²) in [6.45, 7) is 7.38. The normalized spacial score (nSPS) is 19.6. The molecule has 1 saturated heterocycles. The fourth-order valence-electron chi connectivity index (χ4n) is 1.26. The summed E-state index contributed by atoms with van der Waals surface area (Å²) >= 11 is 0. The van der Waals surface area contributed by atoms with Gasteiger partial charge in [0.1, 0.15) is 13.2 Å². The lowest BCUT2D eigenvalue weighted by Gasteiger charge is -2.34. The molecule has 1 fully saturated rings. The topological polar surface area (TPSA) is 44.8 Å². The number of ether oxygens (including phenoxy) is 3. The van der Waals surface area contributed by atoms with Crippen molar-refractivity contribution in [3.8, 4) is 0 Å². The van der Waals surface area contributed by atoms with Crippen LogP contribution in [0.25, 0.3) is 0 Å². The van der Waals surface area contributed by atoms with Crippen LogP contribution in [0, 0.1) is 5.41 Å². The lowest BCUT2D eigenvalue weighted by atomic mass is 9.87. The van der Waals surface area contributed by atoms with Gasteiger partial charge in [0.2, 0.25) is 0 Å². The Morgan fingerprint density at radius 3 is 2.71 bits per heavy atom. The maximum absolute atomic E-state index is 10.7. The Bertz CT molecular complexity index is 202. The van der Waals surface area contributed by atoms with Gasteiger partial charge in [0, 0.05) is 0 Å². The van der Waals surface area contributed by atoms with Crippen LogP contribution < -0.4 is 0 Å². The Kier molecular flexibility index (Phi) is 3.95. The molecule has 14 heavy (non-hydrogen) atoms. The summed E-state index contributed by atoms with van der Waals surface area (Å²) in [6, 6.07) is 0. The second-order valence-electron chi connectivity index (χ2n) is 3.48. The molecule has 0 radical (unpaired) electrons. The van der Waals surface area contributed by atoms with Crippen LogP contribution in [0.15, 0.2) is 12.7 Å². The van der Waals surface area contributed by atoms with Crippen LogP contribution in [-0.4, -0.2) is 32.6 Å². The van der Waals surface area contributed by atoms with E-state index in [1.807, 2.05) is 6.92 Å². The van der Waals surface area contributed by atoms with E-state index in [0.29, 0.717) is 26.4 Å². The van der Waals surface area contributed by atoms with Gasteiger partial charge in [-0.25, -0.2) is 4.79 Å². The van der Waals surface area contributed by atoms with Crippen LogP contribution in [0.1, 0.15) is 13.3 Å². The van der Waals surface area contributed by atoms with Gasteiger partial charge in [0.25, 0.3) is 0 Å². The van der Waals surface area contributed by atoms with Crippen LogP contribution in [0.2, 0.25) is 0 Å². The van der Waals surface area contributed by atoms with Gasteiger partial charge in [-0.1, -0.05) is 13.0 Å². The van der Waals surface area contributed by atoms with Gasteiger partial charge in [-0.2, -0.15) is 0 Å². The molecule has 0 aromatic rings. The summed E-state index contributed by atoms with van der Waals surface area (Å²) in [5, 5.41) is 0. The van der Waals surface area contributed by atoms with Crippen molar-refractivity contribution in [2.75, 3.05) is 26.4 Å². The lowest BCUT2D eigenvalue weighted by molar-refractivity contribution is -0.0920. The molecule has 0 N–H and O–H groups in total. The first-order valence-corrected chi connectivity index (χ1v) is 4.70. The largest absolute Gasteiger partial charge is 0.508 e. The molecule has 1 rings (SSSR count). The predicted octanol–water partition coefficient (Wildman–Crippen LogP) is 1.75. The second kappa shape index (κ2) is 5.00. The summed E-state index contributed by atoms with van der Waals surface area (Å²) in [5.74, 6) is 0. The molecule has 0 aliphatic carbocycles. The molecule has 1 aliphatic rings. The summed E-state index contributed by atoms with van der Waals surface area (Å²) in [6.07, 6.45) is 1.97. The van der Waals surface area contributed by atoms with Gasteiger partial charge in [0.15, 0.2) is 0 Å². The molecule has 4 heteroatoms. The van der Waals surface area contributed by atoms with Gasteiger partial charge >= 0.3 is 6.16 Å². The molecule has 4 nitrogen and oxygen atoms in total. The SMILES string of the molecule is C=CCOCC1(CC)COC(=O)OC1. The summed E-state index contributed by atoms with van der Waals surface area (Å²) < 4.78 is 15.1. The molecular weight excluding hydrogens is 184 g/mol. The first-order valence-electron chi connectivity index (χ1n) is 4.70. The monoisotopic (exact) mass is 200 g/mol. The number of carbonyl (C=O) groups is 1. The Hall–Kier alpha value is -1.03. The minimum atomic E-state index is -0.585. The number of carbonyl (C=O) groups excluding carboxylic acids is 1. The van der Waals surface area contributed by atoms with Crippen molar-refractivity contribution in [3.05, 3.63) is 12.7 Å². The van der Waals surface area contributed by atoms with E-state index in [-0.39, 0.29) is 5.41 Å². The lowest BCUT2D eigenvalue weighted by Crippen LogP contribution is -2.42. The van der Waals surface area contributed by atoms with Gasteiger partial charge in [-0.05, 0) is 6.42 Å². The highest BCUT2D eigenvalue weighted by Gasteiger charge is 2.36. The highest BCUT2D eigenvalue weighted by Crippen LogP contribution is 2.27. The van der Waals surface area contributed by atoms with E-state index in [0.717, 1.165) is 6.42 Å². The third-order valence-electron chi connectivity index (χ3n) is 2.39. The van der Waals surface area contributed by atoms with Crippen LogP contribution in [0.4, 0.5) is 4.79 Å². The van der Waals surface area contributed by atoms with Crippen LogP contribution in [0.5, 0.6) is 0 Å². The van der Waals surface area contributed by atoms with E-state index in [9.17, 15) is 4.79 Å². The van der Waals surface area contributed by atoms with Crippen molar-refractivity contribution in [1.82, 2.24) is 0 Å². The highest BCUT2D eigenvalue weighted by atomic mass is 16.7. The van der Waals surface area contributed by atoms with Gasteiger partial charge < -0.3 is 14.2 Å². The fraction of sp³-hybridized carbons (Fsp3) is 0.700. The number of cyclic esters (lactones) is 2. The summed E-state index contributed by atoms with van der Waals surface area (Å²) in [5.41, 5.74) is -0.184. The number of rotatable bonds is 5. The Balaban J connectivity index is 2.41. The van der Waals surface area contributed by atoms with Gasteiger partial charge in [-0.3, -0.25) is 0 Å². The summed E-state index contributed by atoms with van der Waals surface area (Å²) in [4.78, 5) is 10.7. The van der Waals surface area contributed by atoms with Crippen molar-refractivity contribution in [2.45, 2.75) is 13.3 Å². The van der Waals surface area contributed by atoms with Crippen molar-refractivity contribution in [1.29, 1.82) is 0 Å². The van der Waals surface area contributed by atoms with Crippen molar-refractivity contribution in [2.24, 2.45) is 5.41 Å². The van der Waals surface area contributed by atoms with E-state index in [1.54, 1.807) is 6.08 Å². The van der Waals surface area contributed by atoms with Crippen LogP contribution in [0.3, 0.4) is 0 Å². The predicted molar refractivity (Wildman–Crippen MR) is 51.0 cm³/mol. The summed E-state index contributed by atoms with van der Waals surface area (Å²) in [7, 11) is 0. The Labute approximate surface area is 83.8 Å². The maximum Gasteiger partial charge on any atom is 0.508 e. The zero-order valence-electron chi connectivity index (χ0n) is 8.45. The van der Waals surface area contributed by atoms with Crippen molar-refractivity contribution < 1.29 is 19.0 Å². The average molecular weight is 200 g/mol. The Morgan fingerprint density at radius 1 is 1.57 bits per heavy atom. The van der Waals surface area contributed by atoms with Crippen molar-refractivity contribution in [3.63, 3.8) is 0 Å². The zero-order chi connectivity index (χ0) is 10.4. The highest BCUT2D eigenvalue weighted by molar-refractivity contribution is 5.60. The van der Waals surface area contributed by atoms with E-state index >= 15 is 0 Å². The molecule has 0 spiro atoms. The number of hydrogen-bond acceptors (Lipinski definition) is 4. The van der Waals surface area contributed by atoms with Gasteiger partial charge in [0.05, 0.1) is 18.6 Å². The van der Waals surface area contributed by atoms with E-state index in [4.69, 9.17) is 14.2 Å². The standard InChI is InChI=1S/C10H16O4/c1-3-5-12-6-10(4-2)7-13-9(11)14-8-10/h3H,1,4-8H2,2H3. The molecule has 0 amide bonds. The first-order chi connectivity index (χ1) is 6.72. The molecule has 0 saturated carbocycles. The Morgan fingerprint density at radius 2 is 2.21 bits per heavy atom. The second-order valence-corrected chi connectivity index (χ2v) is 3.48. The van der Waals surface area contributed by atoms with Crippen LogP contribution in [-0.2, 0) is 14.2 Å². The molecule has 0 bridgehead atoms. The maximum atomic E-state index is 10.7. The molecule has 0 atom stereocenters. The van der Waals surface area contributed by atoms with Crippen molar-refractivity contribution >= 4 is 6.16 Å². The molecule has 1 heterocycles. The molecule has 0 aromatic carbocycles. The van der Waals surface area contributed by atoms with E-state index in [2.05, 4.69) is 6.58 Å². The van der Waals surface area contributed by atoms with Gasteiger partial charge in [-0.15, -0.1) is 6.58 Å². The molecule has 0 aromatic heterocycles. The zero-order valence-corrected chi connectivity index (χ0v) is 8.45. The molecule has 80 valence electrons. The number of hydrogen-bond donors (Lipinski definition) is 0. The molecular formula is C10H16O4. The van der Waals surface area contributed by atoms with Crippen LogP contribution >= 0.6 is 0 Å². The molecule has 1 aliphatic heterocycles. The quantitative estimate of drug-likeness (QED) is 0.385. The minimum absolute atomic E-state index is 0.184. The van der Waals surface area contributed by atoms with E-state index < -0.39 is 6.16 Å². The smallest absolute Gasteiger partial charge is 0.433 e. The minimum Gasteiger partial charge on any atom is -0.433 e. The third-order valence-corrected chi connectivity index (χ3v) is 2.39. The average Bonchev–Trinajstić information content (AvgIpc) is 2.22.